The second-order valence-electron chi connectivity index (χ2n) is 21.0. The minimum atomic E-state index is -1.90. The van der Waals surface area contributed by atoms with E-state index in [0.717, 1.165) is 0 Å². The molecule has 0 saturated carbocycles. The van der Waals surface area contributed by atoms with E-state index in [1.807, 2.05) is 20.8 Å². The number of aromatic nitrogens is 3. The van der Waals surface area contributed by atoms with E-state index >= 15 is 4.79 Å². The van der Waals surface area contributed by atoms with Crippen molar-refractivity contribution in [2.75, 3.05) is 13.1 Å². The largest absolute Gasteiger partial charge is 0.481 e. The lowest BCUT2D eigenvalue weighted by Crippen LogP contribution is -2.62. The summed E-state index contributed by atoms with van der Waals surface area (Å²) in [5, 5.41) is 43.6. The molecule has 0 aliphatic carbocycles. The van der Waals surface area contributed by atoms with Crippen molar-refractivity contribution in [1.29, 1.82) is 0 Å². The highest BCUT2D eigenvalue weighted by Crippen LogP contribution is 2.35. The number of benzene rings is 1. The van der Waals surface area contributed by atoms with Gasteiger partial charge in [0.15, 0.2) is 5.96 Å². The van der Waals surface area contributed by atoms with Crippen LogP contribution in [0.25, 0.3) is 16.7 Å². The molecule has 2 aromatic heterocycles. The normalized spacial score (nSPS) is 24.4. The molecule has 4 aliphatic rings. The number of aliphatic imine (C=N–C) groups is 1. The number of amides is 9. The SMILES string of the molecule is CC[C@@H](C)[C@@H]1NC(=O)[C@H]([C@@H](C)CC)NC(=O)[C@@H](NC(=O)[C@@H]2CCC(=O)N2)[C@H](C(C)C)c2ccc3c4c([nH]c3c2)-n2cnc(c2)C[C@@H](C(=O)N[C@@H](CC(=O)O)C(=O)O)NC(=O)CNC(=O)[C@H](CCCN=C(N)N)NC(=O)[C@H](C4)NC1=O. The Hall–Kier alpha value is -8.59. The van der Waals surface area contributed by atoms with Crippen molar-refractivity contribution < 1.29 is 63.0 Å². The maximum Gasteiger partial charge on any atom is 0.326 e. The van der Waals surface area contributed by atoms with E-state index in [1.165, 1.54) is 17.1 Å². The molecule has 80 heavy (non-hydrogen) atoms. The van der Waals surface area contributed by atoms with Gasteiger partial charge in [0.1, 0.15) is 60.5 Å². The lowest BCUT2D eigenvalue weighted by molar-refractivity contribution is -0.147. The van der Waals surface area contributed by atoms with E-state index in [-0.39, 0.29) is 67.9 Å². The average molecular weight is 1120 g/mol. The highest BCUT2D eigenvalue weighted by Gasteiger charge is 2.41. The number of guanidine groups is 1. The summed E-state index contributed by atoms with van der Waals surface area (Å²) in [6.07, 6.45) is 2.19. The van der Waals surface area contributed by atoms with Crippen LogP contribution in [0.5, 0.6) is 0 Å². The maximum absolute atomic E-state index is 15.0. The molecular weight excluding hydrogens is 1040 g/mol. The number of aliphatic carboxylic acids is 2. The first-order valence-electron chi connectivity index (χ1n) is 26.8. The lowest BCUT2D eigenvalue weighted by Gasteiger charge is -2.34. The van der Waals surface area contributed by atoms with E-state index in [4.69, 9.17) is 11.5 Å². The van der Waals surface area contributed by atoms with Crippen LogP contribution in [0.2, 0.25) is 0 Å². The van der Waals surface area contributed by atoms with Gasteiger partial charge in [-0.25, -0.2) is 9.78 Å². The van der Waals surface area contributed by atoms with Crippen molar-refractivity contribution in [3.8, 4) is 5.82 Å². The summed E-state index contributed by atoms with van der Waals surface area (Å²) in [7, 11) is 0. The zero-order chi connectivity index (χ0) is 58.7. The minimum absolute atomic E-state index is 0.0178. The Balaban J connectivity index is 1.59. The van der Waals surface area contributed by atoms with Crippen LogP contribution in [0, 0.1) is 17.8 Å². The number of fused-ring (bicyclic) bond motifs is 13. The van der Waals surface area contributed by atoms with Gasteiger partial charge < -0.3 is 74.5 Å². The molecule has 1 fully saturated rings. The molecule has 16 N–H and O–H groups in total. The monoisotopic (exact) mass is 1120 g/mol. The first-order valence-corrected chi connectivity index (χ1v) is 26.8. The molecule has 4 aliphatic heterocycles. The summed E-state index contributed by atoms with van der Waals surface area (Å²) in [4.78, 5) is 163. The molecule has 9 amide bonds. The number of carbonyl (C=O) groups is 11. The molecule has 434 valence electrons. The van der Waals surface area contributed by atoms with E-state index in [2.05, 4.69) is 62.8 Å². The molecule has 3 aromatic rings. The molecule has 28 heteroatoms. The lowest BCUT2D eigenvalue weighted by atomic mass is 9.81. The zero-order valence-electron chi connectivity index (χ0n) is 45.5. The van der Waals surface area contributed by atoms with Crippen molar-refractivity contribution in [3.63, 3.8) is 0 Å². The third kappa shape index (κ3) is 15.2. The molecule has 6 heterocycles. The molecule has 11 atom stereocenters. The Morgan fingerprint density at radius 3 is 2.08 bits per heavy atom. The number of nitrogens with zero attached hydrogens (tertiary/aromatic N) is 3. The summed E-state index contributed by atoms with van der Waals surface area (Å²) in [5.41, 5.74) is 12.6. The number of nitrogens with two attached hydrogens (primary N) is 2. The maximum atomic E-state index is 15.0. The van der Waals surface area contributed by atoms with E-state index < -0.39 is 145 Å². The number of rotatable bonds is 16. The second kappa shape index (κ2) is 26.8. The number of carboxylic acids is 2. The molecule has 0 spiro atoms. The molecule has 0 unspecified atom stereocenters. The number of carbonyl (C=O) groups excluding carboxylic acids is 9. The van der Waals surface area contributed by atoms with Crippen LogP contribution in [0.1, 0.15) is 109 Å². The topological polar surface area (TPSA) is 435 Å². The molecule has 7 bridgehead atoms. The smallest absolute Gasteiger partial charge is 0.326 e. The predicted molar refractivity (Wildman–Crippen MR) is 287 cm³/mol. The van der Waals surface area contributed by atoms with Crippen LogP contribution >= 0.6 is 0 Å². The van der Waals surface area contributed by atoms with Gasteiger partial charge in [0.2, 0.25) is 53.2 Å². The van der Waals surface area contributed by atoms with Crippen LogP contribution < -0.4 is 59.3 Å². The van der Waals surface area contributed by atoms with Crippen LogP contribution in [-0.4, -0.2) is 157 Å². The molecule has 7 rings (SSSR count). The summed E-state index contributed by atoms with van der Waals surface area (Å²) in [5.74, 6) is -12.4. The van der Waals surface area contributed by atoms with Crippen LogP contribution in [0.4, 0.5) is 0 Å². The first-order chi connectivity index (χ1) is 37.9. The average Bonchev–Trinajstić information content (AvgIpc) is 4.17. The third-order valence-corrected chi connectivity index (χ3v) is 14.8. The third-order valence-electron chi connectivity index (χ3n) is 14.8. The number of hydrogen-bond acceptors (Lipinski definition) is 13. The summed E-state index contributed by atoms with van der Waals surface area (Å²) < 4.78 is 1.51. The van der Waals surface area contributed by atoms with Gasteiger partial charge in [-0.15, -0.1) is 0 Å². The summed E-state index contributed by atoms with van der Waals surface area (Å²) >= 11 is 0. The van der Waals surface area contributed by atoms with Gasteiger partial charge in [0, 0.05) is 54.4 Å². The number of aromatic amines is 1. The quantitative estimate of drug-likeness (QED) is 0.0310. The van der Waals surface area contributed by atoms with Crippen LogP contribution in [0.15, 0.2) is 35.7 Å². The Morgan fingerprint density at radius 2 is 1.46 bits per heavy atom. The predicted octanol–water partition coefficient (Wildman–Crippen LogP) is -2.30. The van der Waals surface area contributed by atoms with E-state index in [1.54, 1.807) is 39.0 Å². The van der Waals surface area contributed by atoms with Gasteiger partial charge in [-0.05, 0) is 48.6 Å². The van der Waals surface area contributed by atoms with Crippen LogP contribution in [-0.2, 0) is 65.6 Å². The standard InChI is InChI=1S/C52H73N15O13/c1-7-24(5)40-48(76)62-34-18-29-28-12-11-26(39(23(3)4)42(66-45(73)31-13-14-36(68)58-31)50(78)65-41(25(6)8-2)49(77)64-40)16-32(28)60-43(29)67-21-27(57-22-67)17-33(46(74)63-35(51(79)80)19-38(70)71)59-37(69)20-56-44(72)30(61-47(34)75)10-9-15-55-52(53)54/h11-12,16,21-25,30-31,33-35,39-42,60H,7-10,13-15,17-20H2,1-6H3,(H,56,72)(H,58,68)(H,59,69)(H,61,75)(H,62,76)(H,63,74)(H,64,77)(H,65,78)(H,66,73)(H,70,71)(H,79,80)(H4,53,54,55)/t24-,25+,30+,31+,33+,34+,35+,39-,40+,41+,42+/m1/s1. The van der Waals surface area contributed by atoms with Gasteiger partial charge >= 0.3 is 11.9 Å². The number of H-pyrrole nitrogens is 1. The molecule has 1 aromatic carbocycles. The summed E-state index contributed by atoms with van der Waals surface area (Å²) in [6, 6.07) is -6.01. The molecule has 0 radical (unpaired) electrons. The minimum Gasteiger partial charge on any atom is -0.481 e. The fourth-order valence-corrected chi connectivity index (χ4v) is 10.0. The Bertz CT molecular complexity index is 2900. The number of imidazole rings is 1. The molecule has 28 nitrogen and oxygen atoms in total. The first kappa shape index (κ1) is 60.6. The number of hydrogen-bond donors (Lipinski definition) is 14. The van der Waals surface area contributed by atoms with Gasteiger partial charge in [-0.3, -0.25) is 57.5 Å². The molecule has 1 saturated heterocycles. The van der Waals surface area contributed by atoms with Crippen molar-refractivity contribution in [2.24, 2.45) is 34.2 Å². The van der Waals surface area contributed by atoms with Crippen LogP contribution in [0.3, 0.4) is 0 Å². The molecular formula is C52H73N15O13. The highest BCUT2D eigenvalue weighted by atomic mass is 16.4. The van der Waals surface area contributed by atoms with Gasteiger partial charge in [0.25, 0.3) is 0 Å². The van der Waals surface area contributed by atoms with Crippen molar-refractivity contribution in [3.05, 3.63) is 47.5 Å². The van der Waals surface area contributed by atoms with Gasteiger partial charge in [0.05, 0.1) is 18.7 Å². The van der Waals surface area contributed by atoms with E-state index in [0.29, 0.717) is 34.9 Å². The number of nitrogens with one attached hydrogen (secondary N) is 10. The second-order valence-corrected chi connectivity index (χ2v) is 21.0. The van der Waals surface area contributed by atoms with Gasteiger partial charge in [-0.2, -0.15) is 0 Å². The van der Waals surface area contributed by atoms with Crippen molar-refractivity contribution in [1.82, 2.24) is 62.4 Å². The fourth-order valence-electron chi connectivity index (χ4n) is 10.0. The van der Waals surface area contributed by atoms with Gasteiger partial charge in [-0.1, -0.05) is 66.5 Å². The van der Waals surface area contributed by atoms with Crippen molar-refractivity contribution in [2.45, 2.75) is 154 Å². The fraction of sp³-hybridized carbons (Fsp3) is 0.558. The zero-order valence-corrected chi connectivity index (χ0v) is 45.5. The summed E-state index contributed by atoms with van der Waals surface area (Å²) in [6.45, 7) is 10.0. The number of carboxylic acid groups (broad SMARTS) is 2. The van der Waals surface area contributed by atoms with E-state index in [9.17, 15) is 58.2 Å². The Morgan fingerprint density at radius 1 is 0.800 bits per heavy atom. The Labute approximate surface area is 460 Å². The highest BCUT2D eigenvalue weighted by molar-refractivity contribution is 6.00. The van der Waals surface area contributed by atoms with Crippen molar-refractivity contribution >= 4 is 82.0 Å². The Kier molecular flexibility index (Phi) is 20.3.